The third kappa shape index (κ3) is 1.06. The van der Waals surface area contributed by atoms with Gasteiger partial charge in [0.05, 0.1) is 11.4 Å². The Hall–Kier alpha value is -1.32. The van der Waals surface area contributed by atoms with E-state index in [2.05, 4.69) is 26.5 Å². The molecule has 14 heavy (non-hydrogen) atoms. The van der Waals surface area contributed by atoms with Crippen LogP contribution in [0.1, 0.15) is 18.5 Å². The summed E-state index contributed by atoms with van der Waals surface area (Å²) in [7, 11) is 0. The number of rotatable bonds is 0. The minimum Gasteiger partial charge on any atom is -0.365 e. The summed E-state index contributed by atoms with van der Waals surface area (Å²) in [6.07, 6.45) is 2.60. The van der Waals surface area contributed by atoms with Gasteiger partial charge in [0.25, 0.3) is 0 Å². The number of nitrogens with one attached hydrogen (secondary N) is 1. The van der Waals surface area contributed by atoms with Gasteiger partial charge in [-0.15, -0.1) is 5.10 Å². The van der Waals surface area contributed by atoms with Gasteiger partial charge in [-0.3, -0.25) is 0 Å². The normalized spacial score (nSPS) is 24.1. The van der Waals surface area contributed by atoms with Crippen molar-refractivity contribution in [2.45, 2.75) is 25.8 Å². The van der Waals surface area contributed by atoms with Crippen LogP contribution in [0, 0.1) is 6.92 Å². The van der Waals surface area contributed by atoms with E-state index in [9.17, 15) is 0 Å². The molecule has 1 atom stereocenters. The molecule has 1 aromatic rings. The lowest BCUT2D eigenvalue weighted by Crippen LogP contribution is -2.39. The van der Waals surface area contributed by atoms with Crippen molar-refractivity contribution in [3.8, 4) is 0 Å². The van der Waals surface area contributed by atoms with Crippen molar-refractivity contribution in [1.82, 2.24) is 10.2 Å². The van der Waals surface area contributed by atoms with Crippen LogP contribution >= 0.6 is 0 Å². The van der Waals surface area contributed by atoms with Crippen molar-refractivity contribution >= 4 is 11.5 Å². The molecular formula is C10H14N4. The van der Waals surface area contributed by atoms with Gasteiger partial charge in [-0.2, -0.15) is 5.10 Å². The van der Waals surface area contributed by atoms with Gasteiger partial charge in [-0.1, -0.05) is 0 Å². The van der Waals surface area contributed by atoms with Crippen molar-refractivity contribution in [1.29, 1.82) is 0 Å². The van der Waals surface area contributed by atoms with E-state index < -0.39 is 0 Å². The minimum absolute atomic E-state index is 0.672. The SMILES string of the molecule is Cc1cc2c(nn1)NCC1CCCN21. The van der Waals surface area contributed by atoms with E-state index in [4.69, 9.17) is 0 Å². The number of hydrogen-bond donors (Lipinski definition) is 1. The van der Waals surface area contributed by atoms with Crippen molar-refractivity contribution in [2.24, 2.45) is 0 Å². The average molecular weight is 190 g/mol. The Morgan fingerprint density at radius 1 is 1.50 bits per heavy atom. The van der Waals surface area contributed by atoms with Crippen LogP contribution < -0.4 is 10.2 Å². The second-order valence-corrected chi connectivity index (χ2v) is 4.09. The molecule has 2 aliphatic heterocycles. The zero-order chi connectivity index (χ0) is 9.54. The fourth-order valence-corrected chi connectivity index (χ4v) is 2.40. The van der Waals surface area contributed by atoms with E-state index in [1.165, 1.54) is 25.1 Å². The van der Waals surface area contributed by atoms with E-state index in [-0.39, 0.29) is 0 Å². The summed E-state index contributed by atoms with van der Waals surface area (Å²) in [5.41, 5.74) is 2.24. The Morgan fingerprint density at radius 3 is 3.36 bits per heavy atom. The van der Waals surface area contributed by atoms with E-state index in [1.807, 2.05) is 6.92 Å². The Bertz CT molecular complexity index is 363. The summed E-state index contributed by atoms with van der Waals surface area (Å²) < 4.78 is 0. The maximum Gasteiger partial charge on any atom is 0.172 e. The van der Waals surface area contributed by atoms with Crippen LogP contribution in [0.25, 0.3) is 0 Å². The molecular weight excluding hydrogens is 176 g/mol. The van der Waals surface area contributed by atoms with Crippen LogP contribution in [-0.4, -0.2) is 29.3 Å². The zero-order valence-corrected chi connectivity index (χ0v) is 8.32. The zero-order valence-electron chi connectivity index (χ0n) is 8.32. The molecule has 1 saturated heterocycles. The molecule has 0 saturated carbocycles. The second-order valence-electron chi connectivity index (χ2n) is 4.09. The Labute approximate surface area is 83.3 Å². The predicted octanol–water partition coefficient (Wildman–Crippen LogP) is 1.18. The van der Waals surface area contributed by atoms with Gasteiger partial charge in [-0.05, 0) is 25.8 Å². The smallest absolute Gasteiger partial charge is 0.172 e. The molecule has 0 spiro atoms. The molecule has 1 N–H and O–H groups in total. The molecule has 0 amide bonds. The number of nitrogens with zero attached hydrogens (tertiary/aromatic N) is 3. The molecule has 4 nitrogen and oxygen atoms in total. The molecule has 0 radical (unpaired) electrons. The van der Waals surface area contributed by atoms with Crippen LogP contribution in [0.3, 0.4) is 0 Å². The summed E-state index contributed by atoms with van der Waals surface area (Å²) in [5.74, 6) is 0.953. The first kappa shape index (κ1) is 8.03. The van der Waals surface area contributed by atoms with Gasteiger partial charge in [0.2, 0.25) is 0 Å². The van der Waals surface area contributed by atoms with Crippen LogP contribution in [-0.2, 0) is 0 Å². The van der Waals surface area contributed by atoms with Crippen LogP contribution in [0.4, 0.5) is 11.5 Å². The Kier molecular flexibility index (Phi) is 1.63. The largest absolute Gasteiger partial charge is 0.365 e. The lowest BCUT2D eigenvalue weighted by atomic mass is 10.1. The maximum atomic E-state index is 4.18. The van der Waals surface area contributed by atoms with Gasteiger partial charge in [0.1, 0.15) is 0 Å². The first-order valence-corrected chi connectivity index (χ1v) is 5.19. The van der Waals surface area contributed by atoms with E-state index in [0.717, 1.165) is 18.1 Å². The molecule has 74 valence electrons. The maximum absolute atomic E-state index is 4.18. The van der Waals surface area contributed by atoms with Gasteiger partial charge in [0.15, 0.2) is 5.82 Å². The van der Waals surface area contributed by atoms with Crippen molar-refractivity contribution in [3.63, 3.8) is 0 Å². The monoisotopic (exact) mass is 190 g/mol. The molecule has 0 aliphatic carbocycles. The first-order chi connectivity index (χ1) is 6.84. The number of aryl methyl sites for hydroxylation is 1. The fraction of sp³-hybridized carbons (Fsp3) is 0.600. The Balaban J connectivity index is 2.07. The lowest BCUT2D eigenvalue weighted by Gasteiger charge is -2.33. The molecule has 4 heteroatoms. The molecule has 0 aromatic carbocycles. The molecule has 1 fully saturated rings. The lowest BCUT2D eigenvalue weighted by molar-refractivity contribution is 0.674. The highest BCUT2D eigenvalue weighted by Gasteiger charge is 2.30. The highest BCUT2D eigenvalue weighted by molar-refractivity contribution is 5.69. The summed E-state index contributed by atoms with van der Waals surface area (Å²) in [6, 6.07) is 2.80. The van der Waals surface area contributed by atoms with Gasteiger partial charge in [-0.25, -0.2) is 0 Å². The summed E-state index contributed by atoms with van der Waals surface area (Å²) in [5, 5.41) is 11.6. The number of aromatic nitrogens is 2. The minimum atomic E-state index is 0.672. The summed E-state index contributed by atoms with van der Waals surface area (Å²) >= 11 is 0. The number of fused-ring (bicyclic) bond motifs is 3. The van der Waals surface area contributed by atoms with Crippen molar-refractivity contribution in [2.75, 3.05) is 23.3 Å². The molecule has 1 unspecified atom stereocenters. The Morgan fingerprint density at radius 2 is 2.43 bits per heavy atom. The van der Waals surface area contributed by atoms with E-state index in [0.29, 0.717) is 6.04 Å². The highest BCUT2D eigenvalue weighted by Crippen LogP contribution is 2.34. The third-order valence-electron chi connectivity index (χ3n) is 3.09. The second kappa shape index (κ2) is 2.83. The number of anilines is 2. The van der Waals surface area contributed by atoms with Crippen molar-refractivity contribution in [3.05, 3.63) is 11.8 Å². The molecule has 2 aliphatic rings. The molecule has 3 heterocycles. The first-order valence-electron chi connectivity index (χ1n) is 5.19. The molecule has 0 bridgehead atoms. The number of hydrogen-bond acceptors (Lipinski definition) is 4. The van der Waals surface area contributed by atoms with Gasteiger partial charge in [0, 0.05) is 19.1 Å². The van der Waals surface area contributed by atoms with Crippen LogP contribution in [0.2, 0.25) is 0 Å². The summed E-state index contributed by atoms with van der Waals surface area (Å²) in [4.78, 5) is 2.47. The third-order valence-corrected chi connectivity index (χ3v) is 3.09. The average Bonchev–Trinajstić information content (AvgIpc) is 2.65. The van der Waals surface area contributed by atoms with Gasteiger partial charge >= 0.3 is 0 Å². The quantitative estimate of drug-likeness (QED) is 0.667. The standard InChI is InChI=1S/C10H14N4/c1-7-5-9-10(13-12-7)11-6-8-3-2-4-14(8)9/h5,8H,2-4,6H2,1H3,(H,11,13). The molecule has 1 aromatic heterocycles. The topological polar surface area (TPSA) is 41.1 Å². The molecule has 3 rings (SSSR count). The van der Waals surface area contributed by atoms with E-state index in [1.54, 1.807) is 0 Å². The van der Waals surface area contributed by atoms with Gasteiger partial charge < -0.3 is 10.2 Å². The summed E-state index contributed by atoms with van der Waals surface area (Å²) in [6.45, 7) is 4.18. The van der Waals surface area contributed by atoms with Crippen LogP contribution in [0.15, 0.2) is 6.07 Å². The van der Waals surface area contributed by atoms with Crippen LogP contribution in [0.5, 0.6) is 0 Å². The van der Waals surface area contributed by atoms with E-state index >= 15 is 0 Å². The highest BCUT2D eigenvalue weighted by atomic mass is 15.3. The predicted molar refractivity (Wildman–Crippen MR) is 55.6 cm³/mol. The van der Waals surface area contributed by atoms with Crippen molar-refractivity contribution < 1.29 is 0 Å². The fourth-order valence-electron chi connectivity index (χ4n) is 2.40.